The van der Waals surface area contributed by atoms with E-state index < -0.39 is 51.1 Å². The molecular weight excluding hydrogens is 469 g/mol. The Kier molecular flexibility index (Phi) is 6.28. The number of hydrogen-bond donors (Lipinski definition) is 2. The predicted molar refractivity (Wildman–Crippen MR) is 121 cm³/mol. The van der Waals surface area contributed by atoms with Crippen molar-refractivity contribution in [3.63, 3.8) is 0 Å². The molecule has 2 aromatic carbocycles. The van der Waals surface area contributed by atoms with Crippen LogP contribution in [0.5, 0.6) is 0 Å². The molecular formula is C24H27F3N2O4S. The summed E-state index contributed by atoms with van der Waals surface area (Å²) in [6.45, 7) is 2.70. The quantitative estimate of drug-likeness (QED) is 0.644. The molecule has 0 radical (unpaired) electrons. The van der Waals surface area contributed by atoms with Crippen molar-refractivity contribution in [3.8, 4) is 11.1 Å². The molecule has 2 bridgehead atoms. The Labute approximate surface area is 196 Å². The summed E-state index contributed by atoms with van der Waals surface area (Å²) in [5, 5.41) is 10.4. The van der Waals surface area contributed by atoms with E-state index in [2.05, 4.69) is 4.72 Å². The summed E-state index contributed by atoms with van der Waals surface area (Å²) in [6, 6.07) is 6.16. The van der Waals surface area contributed by atoms with Crippen LogP contribution in [0.3, 0.4) is 0 Å². The first-order valence-electron chi connectivity index (χ1n) is 11.0. The highest BCUT2D eigenvalue weighted by Gasteiger charge is 2.54. The number of hydrogen-bond acceptors (Lipinski definition) is 4. The predicted octanol–water partition coefficient (Wildman–Crippen LogP) is 2.99. The molecule has 2 aliphatic heterocycles. The van der Waals surface area contributed by atoms with Gasteiger partial charge in [0.05, 0.1) is 12.3 Å². The van der Waals surface area contributed by atoms with Gasteiger partial charge in [0.2, 0.25) is 10.0 Å². The Balaban J connectivity index is 1.76. The first kappa shape index (κ1) is 24.7. The van der Waals surface area contributed by atoms with Crippen molar-refractivity contribution >= 4 is 15.9 Å². The number of halogens is 3. The van der Waals surface area contributed by atoms with Crippen LogP contribution in [-0.2, 0) is 21.2 Å². The van der Waals surface area contributed by atoms with E-state index in [9.17, 15) is 27.1 Å². The highest BCUT2D eigenvalue weighted by atomic mass is 32.2. The highest BCUT2D eigenvalue weighted by molar-refractivity contribution is 7.88. The van der Waals surface area contributed by atoms with Crippen LogP contribution >= 0.6 is 0 Å². The van der Waals surface area contributed by atoms with Crippen LogP contribution in [0.2, 0.25) is 0 Å². The Hall–Kier alpha value is -2.43. The van der Waals surface area contributed by atoms with Gasteiger partial charge in [0.25, 0.3) is 5.91 Å². The van der Waals surface area contributed by atoms with Crippen molar-refractivity contribution in [1.29, 1.82) is 0 Å². The second kappa shape index (κ2) is 8.66. The summed E-state index contributed by atoms with van der Waals surface area (Å²) in [4.78, 5) is 14.6. The van der Waals surface area contributed by atoms with Crippen molar-refractivity contribution in [2.45, 2.75) is 56.8 Å². The Bertz CT molecular complexity index is 1220. The average molecular weight is 497 g/mol. The first-order chi connectivity index (χ1) is 15.8. The molecule has 5 rings (SSSR count). The Morgan fingerprint density at radius 2 is 1.68 bits per heavy atom. The van der Waals surface area contributed by atoms with E-state index in [0.29, 0.717) is 12.8 Å². The number of nitrogens with one attached hydrogen (secondary N) is 1. The monoisotopic (exact) mass is 496 g/mol. The molecule has 3 fully saturated rings. The van der Waals surface area contributed by atoms with Crippen molar-refractivity contribution in [3.05, 3.63) is 59.4 Å². The molecule has 2 N–H and O–H groups in total. The van der Waals surface area contributed by atoms with E-state index >= 15 is 4.39 Å². The number of nitrogens with zero attached hydrogens (tertiary/aromatic N) is 1. The zero-order valence-corrected chi connectivity index (χ0v) is 19.9. The topological polar surface area (TPSA) is 86.7 Å². The van der Waals surface area contributed by atoms with Gasteiger partial charge in [0.1, 0.15) is 11.4 Å². The van der Waals surface area contributed by atoms with E-state index in [0.717, 1.165) is 12.3 Å². The van der Waals surface area contributed by atoms with Crippen LogP contribution < -0.4 is 4.72 Å². The molecule has 2 heterocycles. The molecule has 1 saturated carbocycles. The fourth-order valence-corrected chi connectivity index (χ4v) is 5.91. The lowest BCUT2D eigenvalue weighted by molar-refractivity contribution is -0.166. The van der Waals surface area contributed by atoms with Gasteiger partial charge in [-0.2, -0.15) is 0 Å². The summed E-state index contributed by atoms with van der Waals surface area (Å²) in [5.41, 5.74) is -1.95. The van der Waals surface area contributed by atoms with Gasteiger partial charge in [-0.25, -0.2) is 26.3 Å². The molecule has 0 unspecified atom stereocenters. The molecule has 1 aliphatic carbocycles. The minimum atomic E-state index is -3.65. The number of aliphatic hydroxyl groups is 1. The SMILES string of the molecule is CC(C)(O)C(=O)N1C2CC(C2)[C@H](NS(C)(=O)=O)[C@@H]1Cc1cccc(-c2cccc(F)c2F)c1F. The fourth-order valence-electron chi connectivity index (χ4n) is 5.07. The van der Waals surface area contributed by atoms with Crippen LogP contribution in [0.4, 0.5) is 13.2 Å². The molecule has 10 heteroatoms. The van der Waals surface area contributed by atoms with Crippen molar-refractivity contribution in [2.75, 3.05) is 6.26 Å². The van der Waals surface area contributed by atoms with Gasteiger partial charge in [-0.3, -0.25) is 4.79 Å². The van der Waals surface area contributed by atoms with E-state index in [1.54, 1.807) is 0 Å². The number of piperidine rings is 2. The lowest BCUT2D eigenvalue weighted by Crippen LogP contribution is -2.72. The van der Waals surface area contributed by atoms with Gasteiger partial charge in [-0.05, 0) is 50.7 Å². The largest absolute Gasteiger partial charge is 0.381 e. The summed E-state index contributed by atoms with van der Waals surface area (Å²) < 4.78 is 70.5. The zero-order valence-electron chi connectivity index (χ0n) is 19.1. The molecule has 0 aromatic heterocycles. The maximum absolute atomic E-state index is 15.6. The summed E-state index contributed by atoms with van der Waals surface area (Å²) in [7, 11) is -3.65. The summed E-state index contributed by atoms with van der Waals surface area (Å²) >= 11 is 0. The first-order valence-corrected chi connectivity index (χ1v) is 12.9. The molecule has 3 aliphatic rings. The van der Waals surface area contributed by atoms with Gasteiger partial charge in [-0.1, -0.05) is 30.3 Å². The summed E-state index contributed by atoms with van der Waals surface area (Å²) in [6.07, 6.45) is 2.09. The van der Waals surface area contributed by atoms with Gasteiger partial charge < -0.3 is 10.0 Å². The highest BCUT2D eigenvalue weighted by Crippen LogP contribution is 2.45. The molecule has 184 valence electrons. The van der Waals surface area contributed by atoms with Crippen LogP contribution in [0.25, 0.3) is 11.1 Å². The van der Waals surface area contributed by atoms with Crippen LogP contribution in [0.15, 0.2) is 36.4 Å². The molecule has 34 heavy (non-hydrogen) atoms. The average Bonchev–Trinajstić information content (AvgIpc) is 2.69. The second-order valence-electron chi connectivity index (χ2n) is 9.72. The number of amides is 1. The van der Waals surface area contributed by atoms with Gasteiger partial charge in [0.15, 0.2) is 11.6 Å². The third-order valence-corrected chi connectivity index (χ3v) is 7.38. The Morgan fingerprint density at radius 3 is 2.26 bits per heavy atom. The van der Waals surface area contributed by atoms with Crippen molar-refractivity contribution in [1.82, 2.24) is 9.62 Å². The number of benzene rings is 2. The maximum Gasteiger partial charge on any atom is 0.254 e. The number of carbonyl (C=O) groups excluding carboxylic acids is 1. The van der Waals surface area contributed by atoms with E-state index in [4.69, 9.17) is 0 Å². The smallest absolute Gasteiger partial charge is 0.254 e. The van der Waals surface area contributed by atoms with E-state index in [1.807, 2.05) is 0 Å². The third kappa shape index (κ3) is 4.58. The normalized spacial score (nSPS) is 24.6. The van der Waals surface area contributed by atoms with Gasteiger partial charge in [-0.15, -0.1) is 0 Å². The fraction of sp³-hybridized carbons (Fsp3) is 0.458. The van der Waals surface area contributed by atoms with Crippen molar-refractivity contribution < 1.29 is 31.5 Å². The standard InChI is InChI=1S/C24H27F3N2O4S/c1-24(2,31)23(30)29-15-10-14(11-15)22(28-34(3,32)33)19(29)12-13-6-4-7-16(20(13)26)17-8-5-9-18(25)21(17)27/h4-9,14-15,19,22,28,31H,10-12H2,1-3H3/t14?,15?,19-,22-/m0/s1. The van der Waals surface area contributed by atoms with E-state index in [-0.39, 0.29) is 35.1 Å². The molecule has 0 spiro atoms. The minimum absolute atomic E-state index is 0.0394. The third-order valence-electron chi connectivity index (χ3n) is 6.68. The lowest BCUT2D eigenvalue weighted by atomic mass is 9.66. The minimum Gasteiger partial charge on any atom is -0.381 e. The number of fused-ring (bicyclic) bond motifs is 2. The number of sulfonamides is 1. The number of carbonyl (C=O) groups is 1. The van der Waals surface area contributed by atoms with Gasteiger partial charge >= 0.3 is 0 Å². The molecule has 2 aromatic rings. The molecule has 6 nitrogen and oxygen atoms in total. The van der Waals surface area contributed by atoms with Gasteiger partial charge in [0, 0.05) is 23.2 Å². The molecule has 1 amide bonds. The maximum atomic E-state index is 15.6. The number of rotatable bonds is 6. The van der Waals surface area contributed by atoms with Crippen LogP contribution in [-0.4, -0.2) is 54.3 Å². The second-order valence-corrected chi connectivity index (χ2v) is 11.5. The van der Waals surface area contributed by atoms with E-state index in [1.165, 1.54) is 49.1 Å². The molecule has 2 saturated heterocycles. The zero-order chi connectivity index (χ0) is 25.0. The van der Waals surface area contributed by atoms with Crippen LogP contribution in [0, 0.1) is 23.4 Å². The molecule has 2 atom stereocenters. The lowest BCUT2D eigenvalue weighted by Gasteiger charge is -2.58. The Morgan fingerprint density at radius 1 is 1.09 bits per heavy atom. The van der Waals surface area contributed by atoms with Crippen molar-refractivity contribution in [2.24, 2.45) is 5.92 Å². The van der Waals surface area contributed by atoms with Crippen LogP contribution in [0.1, 0.15) is 32.3 Å². The summed E-state index contributed by atoms with van der Waals surface area (Å²) in [5.74, 6) is -3.67.